The molecular formula is C17H24N6O. The predicted octanol–water partition coefficient (Wildman–Crippen LogP) is 1.55. The second-order valence-corrected chi connectivity index (χ2v) is 6.98. The number of β-amino-alcohol motifs (C(OH)–C–C–N with tert-alkyl or cyclic N) is 1. The molecule has 3 rings (SSSR count). The maximum Gasteiger partial charge on any atom is 0.123 e. The van der Waals surface area contributed by atoms with Crippen LogP contribution in [0.25, 0.3) is 0 Å². The lowest BCUT2D eigenvalue weighted by molar-refractivity contribution is -0.0414. The largest absolute Gasteiger partial charge is 0.382 e. The second kappa shape index (κ2) is 6.38. The van der Waals surface area contributed by atoms with Gasteiger partial charge in [-0.05, 0) is 44.9 Å². The Morgan fingerprint density at radius 3 is 2.83 bits per heavy atom. The molecule has 1 aliphatic heterocycles. The van der Waals surface area contributed by atoms with Gasteiger partial charge in [-0.3, -0.25) is 4.90 Å². The summed E-state index contributed by atoms with van der Waals surface area (Å²) in [6, 6.07) is 4.31. The number of likely N-dealkylation sites (tertiary alicyclic amines) is 1. The first kappa shape index (κ1) is 16.7. The molecule has 0 aliphatic carbocycles. The summed E-state index contributed by atoms with van der Waals surface area (Å²) in [5, 5.41) is 28.5. The molecule has 1 N–H and O–H groups in total. The molecule has 0 radical (unpaired) electrons. The van der Waals surface area contributed by atoms with E-state index >= 15 is 0 Å². The zero-order valence-electron chi connectivity index (χ0n) is 14.5. The summed E-state index contributed by atoms with van der Waals surface area (Å²) in [6.45, 7) is 6.25. The maximum absolute atomic E-state index is 11.1. The highest BCUT2D eigenvalue weighted by molar-refractivity contribution is 5.28. The SMILES string of the molecule is CC(C)n1cc(C2(O)CCCN(Cc3cc(C#N)n(C)c3)C2)nn1. The quantitative estimate of drug-likeness (QED) is 0.921. The molecule has 7 nitrogen and oxygen atoms in total. The van der Waals surface area contributed by atoms with Gasteiger partial charge in [-0.25, -0.2) is 4.68 Å². The molecule has 2 aromatic rings. The molecule has 0 bridgehead atoms. The number of hydrogen-bond acceptors (Lipinski definition) is 5. The number of nitriles is 1. The minimum atomic E-state index is -0.960. The zero-order chi connectivity index (χ0) is 17.3. The topological polar surface area (TPSA) is 82.9 Å². The van der Waals surface area contributed by atoms with Gasteiger partial charge in [0.25, 0.3) is 0 Å². The van der Waals surface area contributed by atoms with Crippen LogP contribution in [0.1, 0.15) is 49.7 Å². The fourth-order valence-corrected chi connectivity index (χ4v) is 3.30. The Morgan fingerprint density at radius 1 is 1.42 bits per heavy atom. The van der Waals surface area contributed by atoms with Crippen LogP contribution in [0.4, 0.5) is 0 Å². The fraction of sp³-hybridized carbons (Fsp3) is 0.588. The smallest absolute Gasteiger partial charge is 0.123 e. The molecule has 1 atom stereocenters. The molecule has 1 unspecified atom stereocenters. The lowest BCUT2D eigenvalue weighted by Crippen LogP contribution is -2.45. The first-order chi connectivity index (χ1) is 11.4. The predicted molar refractivity (Wildman–Crippen MR) is 88.9 cm³/mol. The molecule has 1 saturated heterocycles. The van der Waals surface area contributed by atoms with Gasteiger partial charge in [-0.15, -0.1) is 5.10 Å². The maximum atomic E-state index is 11.1. The van der Waals surface area contributed by atoms with E-state index in [9.17, 15) is 5.11 Å². The van der Waals surface area contributed by atoms with E-state index in [4.69, 9.17) is 5.26 Å². The van der Waals surface area contributed by atoms with Crippen LogP contribution in [0.5, 0.6) is 0 Å². The van der Waals surface area contributed by atoms with Gasteiger partial charge in [0.05, 0.1) is 6.20 Å². The van der Waals surface area contributed by atoms with Crippen molar-refractivity contribution in [3.05, 3.63) is 35.4 Å². The van der Waals surface area contributed by atoms with Gasteiger partial charge in [0.15, 0.2) is 0 Å². The Bertz CT molecular complexity index is 755. The van der Waals surface area contributed by atoms with E-state index in [2.05, 4.69) is 21.3 Å². The van der Waals surface area contributed by atoms with Crippen LogP contribution in [-0.4, -0.2) is 42.7 Å². The van der Waals surface area contributed by atoms with Crippen molar-refractivity contribution in [1.82, 2.24) is 24.5 Å². The Balaban J connectivity index is 1.74. The molecule has 3 heterocycles. The number of aryl methyl sites for hydroxylation is 1. The van der Waals surface area contributed by atoms with Crippen LogP contribution in [0, 0.1) is 11.3 Å². The van der Waals surface area contributed by atoms with E-state index in [0.29, 0.717) is 24.4 Å². The van der Waals surface area contributed by atoms with Crippen molar-refractivity contribution in [2.24, 2.45) is 7.05 Å². The summed E-state index contributed by atoms with van der Waals surface area (Å²) in [5.74, 6) is 0. The molecule has 24 heavy (non-hydrogen) atoms. The van der Waals surface area contributed by atoms with Gasteiger partial charge in [0.1, 0.15) is 23.1 Å². The number of aliphatic hydroxyl groups is 1. The van der Waals surface area contributed by atoms with Crippen LogP contribution in [0.2, 0.25) is 0 Å². The Hall–Kier alpha value is -2.17. The highest BCUT2D eigenvalue weighted by atomic mass is 16.3. The molecule has 0 amide bonds. The van der Waals surface area contributed by atoms with E-state index in [0.717, 1.165) is 25.1 Å². The van der Waals surface area contributed by atoms with Crippen molar-refractivity contribution in [2.45, 2.75) is 44.9 Å². The van der Waals surface area contributed by atoms with Crippen molar-refractivity contribution >= 4 is 0 Å². The van der Waals surface area contributed by atoms with E-state index < -0.39 is 5.60 Å². The monoisotopic (exact) mass is 328 g/mol. The molecule has 0 aromatic carbocycles. The lowest BCUT2D eigenvalue weighted by Gasteiger charge is -2.37. The van der Waals surface area contributed by atoms with Crippen molar-refractivity contribution in [3.63, 3.8) is 0 Å². The van der Waals surface area contributed by atoms with Crippen LogP contribution in [-0.2, 0) is 19.2 Å². The third-order valence-electron chi connectivity index (χ3n) is 4.65. The number of piperidine rings is 1. The average molecular weight is 328 g/mol. The Morgan fingerprint density at radius 2 is 2.21 bits per heavy atom. The Kier molecular flexibility index (Phi) is 4.43. The number of aromatic nitrogens is 4. The summed E-state index contributed by atoms with van der Waals surface area (Å²) in [4.78, 5) is 2.22. The summed E-state index contributed by atoms with van der Waals surface area (Å²) in [5.41, 5.74) is 1.42. The highest BCUT2D eigenvalue weighted by Crippen LogP contribution is 2.31. The number of rotatable bonds is 4. The second-order valence-electron chi connectivity index (χ2n) is 6.98. The van der Waals surface area contributed by atoms with Gasteiger partial charge in [-0.2, -0.15) is 5.26 Å². The van der Waals surface area contributed by atoms with Gasteiger partial charge < -0.3 is 9.67 Å². The summed E-state index contributed by atoms with van der Waals surface area (Å²) in [7, 11) is 1.87. The minimum Gasteiger partial charge on any atom is -0.382 e. The molecular weight excluding hydrogens is 304 g/mol. The van der Waals surface area contributed by atoms with E-state index in [1.807, 2.05) is 43.9 Å². The van der Waals surface area contributed by atoms with E-state index in [1.165, 1.54) is 0 Å². The fourth-order valence-electron chi connectivity index (χ4n) is 3.30. The number of nitrogens with zero attached hydrogens (tertiary/aromatic N) is 6. The summed E-state index contributed by atoms with van der Waals surface area (Å²) in [6.07, 6.45) is 5.42. The minimum absolute atomic E-state index is 0.225. The zero-order valence-corrected chi connectivity index (χ0v) is 14.5. The average Bonchev–Trinajstić information content (AvgIpc) is 3.14. The van der Waals surface area contributed by atoms with Crippen LogP contribution < -0.4 is 0 Å². The van der Waals surface area contributed by atoms with Crippen molar-refractivity contribution < 1.29 is 5.11 Å². The van der Waals surface area contributed by atoms with Gasteiger partial charge in [-0.1, -0.05) is 5.21 Å². The molecule has 0 saturated carbocycles. The Labute approximate surface area is 142 Å². The number of hydrogen-bond donors (Lipinski definition) is 1. The van der Waals surface area contributed by atoms with Gasteiger partial charge in [0, 0.05) is 32.4 Å². The third-order valence-corrected chi connectivity index (χ3v) is 4.65. The normalized spacial score (nSPS) is 22.0. The van der Waals surface area contributed by atoms with Gasteiger partial charge >= 0.3 is 0 Å². The molecule has 7 heteroatoms. The van der Waals surface area contributed by atoms with E-state index in [-0.39, 0.29) is 6.04 Å². The van der Waals surface area contributed by atoms with Crippen LogP contribution in [0.3, 0.4) is 0 Å². The van der Waals surface area contributed by atoms with E-state index in [1.54, 1.807) is 4.68 Å². The molecule has 0 spiro atoms. The van der Waals surface area contributed by atoms with Crippen molar-refractivity contribution in [2.75, 3.05) is 13.1 Å². The van der Waals surface area contributed by atoms with Crippen LogP contribution >= 0.6 is 0 Å². The highest BCUT2D eigenvalue weighted by Gasteiger charge is 2.37. The standard InChI is InChI=1S/C17H24N6O/c1-13(2)23-11-16(19-20-23)17(24)5-4-6-22(12-17)10-14-7-15(8-18)21(3)9-14/h7,9,11,13,24H,4-6,10,12H2,1-3H3. The molecule has 128 valence electrons. The van der Waals surface area contributed by atoms with Gasteiger partial charge in [0.2, 0.25) is 0 Å². The third kappa shape index (κ3) is 3.21. The first-order valence-corrected chi connectivity index (χ1v) is 8.33. The summed E-state index contributed by atoms with van der Waals surface area (Å²) < 4.78 is 3.61. The van der Waals surface area contributed by atoms with Crippen molar-refractivity contribution in [1.29, 1.82) is 5.26 Å². The molecule has 1 fully saturated rings. The molecule has 2 aromatic heterocycles. The van der Waals surface area contributed by atoms with Crippen molar-refractivity contribution in [3.8, 4) is 6.07 Å². The van der Waals surface area contributed by atoms with Crippen LogP contribution in [0.15, 0.2) is 18.5 Å². The first-order valence-electron chi connectivity index (χ1n) is 8.33. The lowest BCUT2D eigenvalue weighted by atomic mass is 9.90. The summed E-state index contributed by atoms with van der Waals surface area (Å²) >= 11 is 0. The molecule has 1 aliphatic rings.